The van der Waals surface area contributed by atoms with Crippen LogP contribution in [0.4, 0.5) is 11.4 Å². The molecule has 0 aliphatic heterocycles. The highest BCUT2D eigenvalue weighted by Gasteiger charge is 2.12. The molecule has 0 atom stereocenters. The van der Waals surface area contributed by atoms with Gasteiger partial charge in [-0.05, 0) is 42.4 Å². The number of nitro benzene ring substituents is 1. The van der Waals surface area contributed by atoms with E-state index in [0.717, 1.165) is 0 Å². The number of halogens is 1. The Labute approximate surface area is 156 Å². The first-order chi connectivity index (χ1) is 11.8. The zero-order valence-corrected chi connectivity index (χ0v) is 15.4. The van der Waals surface area contributed by atoms with Crippen molar-refractivity contribution in [3.8, 4) is 11.5 Å². The third-order valence-electron chi connectivity index (χ3n) is 3.08. The molecule has 0 saturated heterocycles. The Kier molecular flexibility index (Phi) is 6.55. The van der Waals surface area contributed by atoms with Crippen LogP contribution in [0, 0.1) is 16.0 Å². The summed E-state index contributed by atoms with van der Waals surface area (Å²) >= 11 is 11.0. The molecule has 0 bridgehead atoms. The monoisotopic (exact) mass is 379 g/mol. The summed E-state index contributed by atoms with van der Waals surface area (Å²) in [5.74, 6) is 1.27. The highest BCUT2D eigenvalue weighted by Crippen LogP contribution is 2.30. The van der Waals surface area contributed by atoms with E-state index in [4.69, 9.17) is 28.6 Å². The molecule has 0 fully saturated rings. The zero-order valence-electron chi connectivity index (χ0n) is 13.8. The summed E-state index contributed by atoms with van der Waals surface area (Å²) in [6, 6.07) is 11.1. The number of hydrogen-bond acceptors (Lipinski definition) is 4. The first-order valence-electron chi connectivity index (χ1n) is 7.61. The lowest BCUT2D eigenvalue weighted by Crippen LogP contribution is -2.31. The van der Waals surface area contributed by atoms with Gasteiger partial charge in [0.15, 0.2) is 5.11 Å². The van der Waals surface area contributed by atoms with Crippen molar-refractivity contribution in [3.63, 3.8) is 0 Å². The van der Waals surface area contributed by atoms with Gasteiger partial charge in [-0.1, -0.05) is 25.4 Å². The van der Waals surface area contributed by atoms with Gasteiger partial charge < -0.3 is 15.4 Å². The molecule has 0 unspecified atom stereocenters. The van der Waals surface area contributed by atoms with Gasteiger partial charge in [-0.25, -0.2) is 0 Å². The Morgan fingerprint density at radius 3 is 2.52 bits per heavy atom. The minimum absolute atomic E-state index is 0.0966. The maximum atomic E-state index is 11.2. The second-order valence-corrected chi connectivity index (χ2v) is 6.60. The molecular formula is C17H18ClN3O3S. The average Bonchev–Trinajstić information content (AvgIpc) is 2.55. The fourth-order valence-electron chi connectivity index (χ4n) is 1.93. The zero-order chi connectivity index (χ0) is 18.4. The van der Waals surface area contributed by atoms with E-state index >= 15 is 0 Å². The quantitative estimate of drug-likeness (QED) is 0.418. The first-order valence-corrected chi connectivity index (χ1v) is 8.40. The van der Waals surface area contributed by atoms with Gasteiger partial charge in [0, 0.05) is 23.7 Å². The molecule has 132 valence electrons. The minimum atomic E-state index is -0.482. The van der Waals surface area contributed by atoms with Crippen LogP contribution in [0.1, 0.15) is 13.8 Å². The van der Waals surface area contributed by atoms with Crippen LogP contribution in [0.5, 0.6) is 11.5 Å². The highest BCUT2D eigenvalue weighted by molar-refractivity contribution is 7.80. The van der Waals surface area contributed by atoms with E-state index in [1.165, 1.54) is 12.1 Å². The predicted octanol–water partition coefficient (Wildman–Crippen LogP) is 4.98. The number of non-ortho nitro benzene ring substituents is 1. The molecule has 6 nitrogen and oxygen atoms in total. The Morgan fingerprint density at radius 1 is 1.24 bits per heavy atom. The molecule has 0 radical (unpaired) electrons. The third-order valence-corrected chi connectivity index (χ3v) is 3.58. The summed E-state index contributed by atoms with van der Waals surface area (Å²) in [4.78, 5) is 10.7. The van der Waals surface area contributed by atoms with Crippen LogP contribution in [0.2, 0.25) is 5.02 Å². The Hall–Kier alpha value is -2.38. The van der Waals surface area contributed by atoms with Crippen molar-refractivity contribution in [2.24, 2.45) is 5.92 Å². The molecule has 2 aromatic rings. The molecule has 0 heterocycles. The number of anilines is 1. The molecule has 2 N–H and O–H groups in total. The minimum Gasteiger partial charge on any atom is -0.457 e. The van der Waals surface area contributed by atoms with Crippen LogP contribution >= 0.6 is 23.8 Å². The van der Waals surface area contributed by atoms with Crippen LogP contribution in [-0.2, 0) is 0 Å². The smallest absolute Gasteiger partial charge is 0.275 e. The fraction of sp³-hybridized carbons (Fsp3) is 0.235. The van der Waals surface area contributed by atoms with Crippen molar-refractivity contribution < 1.29 is 9.66 Å². The Morgan fingerprint density at radius 2 is 1.92 bits per heavy atom. The number of thiocarbonyl (C=S) groups is 1. The lowest BCUT2D eigenvalue weighted by atomic mass is 10.2. The van der Waals surface area contributed by atoms with E-state index in [0.29, 0.717) is 39.8 Å². The Bertz CT molecular complexity index is 766. The van der Waals surface area contributed by atoms with E-state index in [1.54, 1.807) is 30.3 Å². The van der Waals surface area contributed by atoms with Crippen LogP contribution in [0.25, 0.3) is 0 Å². The van der Waals surface area contributed by atoms with Gasteiger partial charge >= 0.3 is 0 Å². The highest BCUT2D eigenvalue weighted by atomic mass is 35.5. The predicted molar refractivity (Wildman–Crippen MR) is 104 cm³/mol. The lowest BCUT2D eigenvalue weighted by Gasteiger charge is -2.13. The van der Waals surface area contributed by atoms with Gasteiger partial charge in [-0.3, -0.25) is 10.1 Å². The standard InChI is InChI=1S/C17H18ClN3O3S/c1-11(2)10-19-17(25)20-13-7-14(21(22)23)9-16(8-13)24-15-5-3-12(18)4-6-15/h3-9,11H,10H2,1-2H3,(H2,19,20,25). The summed E-state index contributed by atoms with van der Waals surface area (Å²) in [5, 5.41) is 18.1. The summed E-state index contributed by atoms with van der Waals surface area (Å²) in [5.41, 5.74) is 0.375. The van der Waals surface area contributed by atoms with E-state index in [2.05, 4.69) is 24.5 Å². The molecule has 0 amide bonds. The second kappa shape index (κ2) is 8.64. The summed E-state index contributed by atoms with van der Waals surface area (Å²) in [6.07, 6.45) is 0. The Balaban J connectivity index is 2.19. The van der Waals surface area contributed by atoms with E-state index in [9.17, 15) is 10.1 Å². The van der Waals surface area contributed by atoms with Gasteiger partial charge in [0.25, 0.3) is 5.69 Å². The van der Waals surface area contributed by atoms with Crippen molar-refractivity contribution in [2.45, 2.75) is 13.8 Å². The molecule has 0 spiro atoms. The van der Waals surface area contributed by atoms with Gasteiger partial charge in [0.05, 0.1) is 16.7 Å². The number of hydrogen-bond donors (Lipinski definition) is 2. The molecular weight excluding hydrogens is 362 g/mol. The summed E-state index contributed by atoms with van der Waals surface area (Å²) in [7, 11) is 0. The largest absolute Gasteiger partial charge is 0.457 e. The number of rotatable bonds is 6. The van der Waals surface area contributed by atoms with E-state index in [-0.39, 0.29) is 5.69 Å². The number of nitrogens with one attached hydrogen (secondary N) is 2. The summed E-state index contributed by atoms with van der Waals surface area (Å²) < 4.78 is 5.68. The van der Waals surface area contributed by atoms with Crippen LogP contribution < -0.4 is 15.4 Å². The van der Waals surface area contributed by atoms with Crippen molar-refractivity contribution in [3.05, 3.63) is 57.6 Å². The molecule has 0 aliphatic rings. The van der Waals surface area contributed by atoms with Crippen molar-refractivity contribution in [2.75, 3.05) is 11.9 Å². The van der Waals surface area contributed by atoms with Crippen LogP contribution in [0.15, 0.2) is 42.5 Å². The third kappa shape index (κ3) is 6.21. The van der Waals surface area contributed by atoms with E-state index in [1.807, 2.05) is 0 Å². The molecule has 0 aromatic heterocycles. The number of benzene rings is 2. The van der Waals surface area contributed by atoms with Gasteiger partial charge in [-0.2, -0.15) is 0 Å². The van der Waals surface area contributed by atoms with E-state index < -0.39 is 4.92 Å². The van der Waals surface area contributed by atoms with Gasteiger partial charge in [0.2, 0.25) is 0 Å². The van der Waals surface area contributed by atoms with Crippen LogP contribution in [0.3, 0.4) is 0 Å². The normalized spacial score (nSPS) is 10.4. The van der Waals surface area contributed by atoms with Crippen LogP contribution in [-0.4, -0.2) is 16.6 Å². The second-order valence-electron chi connectivity index (χ2n) is 5.76. The molecule has 8 heteroatoms. The molecule has 25 heavy (non-hydrogen) atoms. The van der Waals surface area contributed by atoms with Gasteiger partial charge in [0.1, 0.15) is 11.5 Å². The first kappa shape index (κ1) is 19.0. The maximum Gasteiger partial charge on any atom is 0.275 e. The van der Waals surface area contributed by atoms with Crippen molar-refractivity contribution >= 4 is 40.3 Å². The number of ether oxygens (including phenoxy) is 1. The maximum absolute atomic E-state index is 11.2. The van der Waals surface area contributed by atoms with Crippen molar-refractivity contribution in [1.82, 2.24) is 5.32 Å². The van der Waals surface area contributed by atoms with Crippen molar-refractivity contribution in [1.29, 1.82) is 0 Å². The number of nitro groups is 1. The SMILES string of the molecule is CC(C)CNC(=S)Nc1cc(Oc2ccc(Cl)cc2)cc([N+](=O)[O-])c1. The fourth-order valence-corrected chi connectivity index (χ4v) is 2.26. The average molecular weight is 380 g/mol. The number of nitrogens with zero attached hydrogens (tertiary/aromatic N) is 1. The molecule has 0 aliphatic carbocycles. The topological polar surface area (TPSA) is 76.4 Å². The lowest BCUT2D eigenvalue weighted by molar-refractivity contribution is -0.384. The van der Waals surface area contributed by atoms with Gasteiger partial charge in [-0.15, -0.1) is 0 Å². The molecule has 0 saturated carbocycles. The molecule has 2 rings (SSSR count). The molecule has 2 aromatic carbocycles. The summed E-state index contributed by atoms with van der Waals surface area (Å²) in [6.45, 7) is 4.82.